The summed E-state index contributed by atoms with van der Waals surface area (Å²) in [6.45, 7) is 0. The second kappa shape index (κ2) is 4.52. The van der Waals surface area contributed by atoms with Gasteiger partial charge in [-0.25, -0.2) is 0 Å². The van der Waals surface area contributed by atoms with E-state index in [4.69, 9.17) is 0 Å². The lowest BCUT2D eigenvalue weighted by atomic mass is 9.98. The van der Waals surface area contributed by atoms with Crippen molar-refractivity contribution in [1.29, 1.82) is 0 Å². The minimum absolute atomic E-state index is 0.162. The third kappa shape index (κ3) is 2.64. The van der Waals surface area contributed by atoms with Gasteiger partial charge in [-0.05, 0) is 32.7 Å². The van der Waals surface area contributed by atoms with E-state index in [0.29, 0.717) is 6.04 Å². The van der Waals surface area contributed by atoms with Crippen LogP contribution in [0.2, 0.25) is 0 Å². The zero-order valence-corrected chi connectivity index (χ0v) is 7.09. The van der Waals surface area contributed by atoms with Gasteiger partial charge in [-0.2, -0.15) is 0 Å². The fourth-order valence-corrected chi connectivity index (χ4v) is 1.51. The summed E-state index contributed by atoms with van der Waals surface area (Å²) in [5.74, 6) is 0. The summed E-state index contributed by atoms with van der Waals surface area (Å²) in [5.41, 5.74) is 0. The molecule has 0 spiro atoms. The van der Waals surface area contributed by atoms with Gasteiger partial charge in [0.05, 0.1) is 6.10 Å². The van der Waals surface area contributed by atoms with Crippen LogP contribution in [0.1, 0.15) is 25.7 Å². The van der Waals surface area contributed by atoms with E-state index >= 15 is 0 Å². The number of likely N-dealkylation sites (N-methyl/N-ethyl adjacent to an activating group) is 1. The summed E-state index contributed by atoms with van der Waals surface area (Å²) in [7, 11) is 1.92. The van der Waals surface area contributed by atoms with E-state index in [1.54, 1.807) is 0 Å². The fourth-order valence-electron chi connectivity index (χ4n) is 1.51. The second-order valence-electron chi connectivity index (χ2n) is 3.09. The molecule has 2 N–H and O–H groups in total. The Kier molecular flexibility index (Phi) is 3.60. The third-order valence-corrected chi connectivity index (χ3v) is 2.28. The average molecular weight is 155 g/mol. The van der Waals surface area contributed by atoms with Crippen LogP contribution < -0.4 is 5.32 Å². The number of hydrogen-bond donors (Lipinski definition) is 2. The Morgan fingerprint density at radius 2 is 1.91 bits per heavy atom. The first-order valence-electron chi connectivity index (χ1n) is 4.35. The van der Waals surface area contributed by atoms with Crippen LogP contribution in [0.4, 0.5) is 0 Å². The van der Waals surface area contributed by atoms with Crippen molar-refractivity contribution in [3.63, 3.8) is 0 Å². The van der Waals surface area contributed by atoms with E-state index < -0.39 is 0 Å². The maximum atomic E-state index is 9.58. The SMILES string of the molecule is CN[C@H]1CCC=CCC[C@H]1O. The molecule has 1 aliphatic rings. The maximum Gasteiger partial charge on any atom is 0.0696 e. The van der Waals surface area contributed by atoms with E-state index in [1.807, 2.05) is 7.05 Å². The topological polar surface area (TPSA) is 32.3 Å². The van der Waals surface area contributed by atoms with E-state index in [1.165, 1.54) is 0 Å². The number of nitrogens with one attached hydrogen (secondary N) is 1. The van der Waals surface area contributed by atoms with Gasteiger partial charge in [-0.1, -0.05) is 12.2 Å². The lowest BCUT2D eigenvalue weighted by Gasteiger charge is -2.22. The van der Waals surface area contributed by atoms with E-state index in [9.17, 15) is 5.11 Å². The Hall–Kier alpha value is -0.340. The molecule has 0 fully saturated rings. The molecule has 2 nitrogen and oxygen atoms in total. The molecule has 0 heterocycles. The zero-order chi connectivity index (χ0) is 8.10. The van der Waals surface area contributed by atoms with Crippen LogP contribution in [-0.4, -0.2) is 24.3 Å². The quantitative estimate of drug-likeness (QED) is 0.555. The Labute approximate surface area is 68.3 Å². The molecule has 0 radical (unpaired) electrons. The Bertz CT molecular complexity index is 134. The van der Waals surface area contributed by atoms with E-state index in [2.05, 4.69) is 17.5 Å². The molecule has 2 atom stereocenters. The number of aliphatic hydroxyl groups is 1. The van der Waals surface area contributed by atoms with Crippen molar-refractivity contribution in [2.24, 2.45) is 0 Å². The first-order chi connectivity index (χ1) is 5.34. The molecule has 0 saturated heterocycles. The zero-order valence-electron chi connectivity index (χ0n) is 7.09. The molecular formula is C9H17NO. The van der Waals surface area contributed by atoms with Gasteiger partial charge in [0.25, 0.3) is 0 Å². The monoisotopic (exact) mass is 155 g/mol. The van der Waals surface area contributed by atoms with Gasteiger partial charge in [-0.3, -0.25) is 0 Å². The van der Waals surface area contributed by atoms with Crippen molar-refractivity contribution in [1.82, 2.24) is 5.32 Å². The highest BCUT2D eigenvalue weighted by atomic mass is 16.3. The van der Waals surface area contributed by atoms with Gasteiger partial charge < -0.3 is 10.4 Å². The molecule has 0 aromatic carbocycles. The van der Waals surface area contributed by atoms with Crippen LogP contribution in [0.3, 0.4) is 0 Å². The van der Waals surface area contributed by atoms with Gasteiger partial charge in [0, 0.05) is 6.04 Å². The predicted molar refractivity (Wildman–Crippen MR) is 46.5 cm³/mol. The number of rotatable bonds is 1. The van der Waals surface area contributed by atoms with Crippen LogP contribution in [0.25, 0.3) is 0 Å². The maximum absolute atomic E-state index is 9.58. The molecule has 2 heteroatoms. The molecule has 0 aromatic rings. The highest BCUT2D eigenvalue weighted by molar-refractivity contribution is 4.89. The van der Waals surface area contributed by atoms with Crippen molar-refractivity contribution >= 4 is 0 Å². The van der Waals surface area contributed by atoms with Crippen LogP contribution in [-0.2, 0) is 0 Å². The summed E-state index contributed by atoms with van der Waals surface area (Å²) >= 11 is 0. The number of allylic oxidation sites excluding steroid dienone is 2. The molecule has 0 aliphatic heterocycles. The van der Waals surface area contributed by atoms with Gasteiger partial charge in [0.1, 0.15) is 0 Å². The van der Waals surface area contributed by atoms with Crippen molar-refractivity contribution in [3.8, 4) is 0 Å². The summed E-state index contributed by atoms with van der Waals surface area (Å²) in [6, 6.07) is 0.292. The van der Waals surface area contributed by atoms with Gasteiger partial charge in [0.2, 0.25) is 0 Å². The largest absolute Gasteiger partial charge is 0.391 e. The molecule has 0 saturated carbocycles. The van der Waals surface area contributed by atoms with E-state index in [0.717, 1.165) is 25.7 Å². The standard InChI is InChI=1S/C9H17NO/c1-10-8-6-4-2-3-5-7-9(8)11/h2-3,8-11H,4-7H2,1H3/t8-,9+/m0/s1. The molecule has 64 valence electrons. The molecule has 0 aromatic heterocycles. The predicted octanol–water partition coefficient (Wildman–Crippen LogP) is 1.07. The summed E-state index contributed by atoms with van der Waals surface area (Å²) in [5, 5.41) is 12.7. The van der Waals surface area contributed by atoms with Crippen molar-refractivity contribution in [2.75, 3.05) is 7.05 Å². The Balaban J connectivity index is 2.43. The van der Waals surface area contributed by atoms with E-state index in [-0.39, 0.29) is 6.10 Å². The molecular weight excluding hydrogens is 138 g/mol. The number of hydrogen-bond acceptors (Lipinski definition) is 2. The minimum Gasteiger partial charge on any atom is -0.391 e. The number of aliphatic hydroxyl groups excluding tert-OH is 1. The molecule has 1 aliphatic carbocycles. The lowest BCUT2D eigenvalue weighted by molar-refractivity contribution is 0.117. The Morgan fingerprint density at radius 1 is 1.27 bits per heavy atom. The second-order valence-corrected chi connectivity index (χ2v) is 3.09. The molecule has 1 rings (SSSR count). The first-order valence-corrected chi connectivity index (χ1v) is 4.35. The first kappa shape index (κ1) is 8.75. The molecule has 11 heavy (non-hydrogen) atoms. The van der Waals surface area contributed by atoms with Crippen molar-refractivity contribution < 1.29 is 5.11 Å². The van der Waals surface area contributed by atoms with Crippen LogP contribution in [0.5, 0.6) is 0 Å². The molecule has 0 amide bonds. The summed E-state index contributed by atoms with van der Waals surface area (Å²) in [4.78, 5) is 0. The van der Waals surface area contributed by atoms with Gasteiger partial charge >= 0.3 is 0 Å². The normalized spacial score (nSPS) is 32.9. The highest BCUT2D eigenvalue weighted by Crippen LogP contribution is 2.12. The molecule has 0 bridgehead atoms. The van der Waals surface area contributed by atoms with Crippen molar-refractivity contribution in [2.45, 2.75) is 37.8 Å². The average Bonchev–Trinajstić information content (AvgIpc) is 1.98. The Morgan fingerprint density at radius 3 is 2.55 bits per heavy atom. The summed E-state index contributed by atoms with van der Waals surface area (Å²) < 4.78 is 0. The van der Waals surface area contributed by atoms with Gasteiger partial charge in [0.15, 0.2) is 0 Å². The summed E-state index contributed by atoms with van der Waals surface area (Å²) in [6.07, 6.45) is 8.24. The fraction of sp³-hybridized carbons (Fsp3) is 0.778. The van der Waals surface area contributed by atoms with Crippen LogP contribution in [0, 0.1) is 0 Å². The molecule has 0 unspecified atom stereocenters. The van der Waals surface area contributed by atoms with Crippen LogP contribution in [0.15, 0.2) is 12.2 Å². The lowest BCUT2D eigenvalue weighted by Crippen LogP contribution is -2.37. The minimum atomic E-state index is -0.162. The van der Waals surface area contributed by atoms with Crippen molar-refractivity contribution in [3.05, 3.63) is 12.2 Å². The van der Waals surface area contributed by atoms with Gasteiger partial charge in [-0.15, -0.1) is 0 Å². The highest BCUT2D eigenvalue weighted by Gasteiger charge is 2.16. The smallest absolute Gasteiger partial charge is 0.0696 e. The third-order valence-electron chi connectivity index (χ3n) is 2.28. The van der Waals surface area contributed by atoms with Crippen LogP contribution >= 0.6 is 0 Å².